The maximum absolute atomic E-state index is 13.5. The van der Waals surface area contributed by atoms with Crippen molar-refractivity contribution >= 4 is 61.4 Å². The lowest BCUT2D eigenvalue weighted by Gasteiger charge is -2.31. The number of rotatable bonds is 6. The Kier molecular flexibility index (Phi) is 6.26. The fraction of sp³-hybridized carbons (Fsp3) is 0.0909. The van der Waals surface area contributed by atoms with Crippen LogP contribution in [0.1, 0.15) is 5.56 Å². The molecule has 0 bridgehead atoms. The molecular weight excluding hydrogens is 514 g/mol. The maximum atomic E-state index is 13.5. The fourth-order valence-electron chi connectivity index (χ4n) is 3.46. The lowest BCUT2D eigenvalue weighted by Crippen LogP contribution is -2.34. The Morgan fingerprint density at radius 3 is 2.74 bits per heavy atom. The van der Waals surface area contributed by atoms with Gasteiger partial charge in [-0.1, -0.05) is 53.7 Å². The number of hydrogen-bond donors (Lipinski definition) is 1. The van der Waals surface area contributed by atoms with E-state index in [1.54, 1.807) is 29.8 Å². The predicted molar refractivity (Wildman–Crippen MR) is 134 cm³/mol. The number of carbonyl (C=O) groups is 1. The number of halogens is 1. The van der Waals surface area contributed by atoms with Crippen molar-refractivity contribution in [3.63, 3.8) is 0 Å². The number of anilines is 2. The van der Waals surface area contributed by atoms with Gasteiger partial charge in [0.1, 0.15) is 4.90 Å². The fourth-order valence-corrected chi connectivity index (χ4v) is 6.35. The highest BCUT2D eigenvalue weighted by molar-refractivity contribution is 7.99. The van der Waals surface area contributed by atoms with Crippen LogP contribution in [0, 0.1) is 0 Å². The van der Waals surface area contributed by atoms with Gasteiger partial charge >= 0.3 is 0 Å². The number of carbonyl (C=O) groups excluding carboxylic acids is 1. The normalized spacial score (nSPS) is 13.7. The summed E-state index contributed by atoms with van der Waals surface area (Å²) >= 11 is 8.68. The number of sulfonamides is 1. The van der Waals surface area contributed by atoms with E-state index in [1.165, 1.54) is 21.8 Å². The summed E-state index contributed by atoms with van der Waals surface area (Å²) in [4.78, 5) is 24.9. The summed E-state index contributed by atoms with van der Waals surface area (Å²) in [5.74, 6) is -0.209. The highest BCUT2D eigenvalue weighted by atomic mass is 35.5. The van der Waals surface area contributed by atoms with Crippen molar-refractivity contribution in [2.24, 2.45) is 0 Å². The van der Waals surface area contributed by atoms with Crippen LogP contribution in [-0.4, -0.2) is 35.0 Å². The van der Waals surface area contributed by atoms with E-state index in [1.807, 2.05) is 30.3 Å². The first-order chi connectivity index (χ1) is 16.4. The molecule has 0 fully saturated rings. The summed E-state index contributed by atoms with van der Waals surface area (Å²) in [7, 11) is -3.92. The SMILES string of the molecule is O=C(CSc1ncc2c(n1)-c1cc(Cl)ccc1N(Cc1ccccc1)S2(=O)=O)Nc1nccs1. The second-order valence-electron chi connectivity index (χ2n) is 7.20. The molecule has 1 amide bonds. The molecule has 2 aromatic heterocycles. The molecule has 4 aromatic rings. The van der Waals surface area contributed by atoms with E-state index in [2.05, 4.69) is 20.3 Å². The van der Waals surface area contributed by atoms with E-state index in [9.17, 15) is 13.2 Å². The quantitative estimate of drug-likeness (QED) is 0.285. The third-order valence-electron chi connectivity index (χ3n) is 4.96. The molecule has 5 rings (SSSR count). The summed E-state index contributed by atoms with van der Waals surface area (Å²) < 4.78 is 28.4. The van der Waals surface area contributed by atoms with Crippen LogP contribution < -0.4 is 9.62 Å². The molecule has 0 saturated heterocycles. The average Bonchev–Trinajstić information content (AvgIpc) is 3.34. The van der Waals surface area contributed by atoms with Crippen molar-refractivity contribution in [1.82, 2.24) is 15.0 Å². The van der Waals surface area contributed by atoms with Crippen LogP contribution >= 0.6 is 34.7 Å². The van der Waals surface area contributed by atoms with Gasteiger partial charge < -0.3 is 5.32 Å². The van der Waals surface area contributed by atoms with Gasteiger partial charge in [0, 0.05) is 22.2 Å². The van der Waals surface area contributed by atoms with Gasteiger partial charge in [0.25, 0.3) is 10.0 Å². The second kappa shape index (κ2) is 9.34. The third-order valence-corrected chi connectivity index (χ3v) is 8.51. The van der Waals surface area contributed by atoms with E-state index in [-0.39, 0.29) is 34.0 Å². The Morgan fingerprint density at radius 1 is 1.15 bits per heavy atom. The molecule has 2 aromatic carbocycles. The molecule has 3 heterocycles. The van der Waals surface area contributed by atoms with Crippen LogP contribution in [0.15, 0.2) is 76.4 Å². The first-order valence-electron chi connectivity index (χ1n) is 9.97. The van der Waals surface area contributed by atoms with Crippen molar-refractivity contribution in [3.8, 4) is 11.3 Å². The summed E-state index contributed by atoms with van der Waals surface area (Å²) in [5, 5.41) is 5.70. The van der Waals surface area contributed by atoms with E-state index < -0.39 is 10.0 Å². The number of nitrogens with one attached hydrogen (secondary N) is 1. The molecule has 172 valence electrons. The number of fused-ring (bicyclic) bond motifs is 3. The maximum Gasteiger partial charge on any atom is 0.268 e. The lowest BCUT2D eigenvalue weighted by atomic mass is 10.1. The van der Waals surface area contributed by atoms with E-state index >= 15 is 0 Å². The van der Waals surface area contributed by atoms with Crippen molar-refractivity contribution in [1.29, 1.82) is 0 Å². The minimum atomic E-state index is -3.92. The molecule has 1 aliphatic rings. The smallest absolute Gasteiger partial charge is 0.268 e. The van der Waals surface area contributed by atoms with Crippen LogP contribution in [0.25, 0.3) is 11.3 Å². The van der Waals surface area contributed by atoms with E-state index in [0.717, 1.165) is 17.3 Å². The third kappa shape index (κ3) is 4.51. The zero-order chi connectivity index (χ0) is 23.7. The Morgan fingerprint density at radius 2 is 1.97 bits per heavy atom. The van der Waals surface area contributed by atoms with Crippen LogP contribution in [0.3, 0.4) is 0 Å². The van der Waals surface area contributed by atoms with Crippen LogP contribution in [0.2, 0.25) is 5.02 Å². The number of amides is 1. The molecule has 0 atom stereocenters. The molecule has 0 radical (unpaired) electrons. The molecule has 1 N–H and O–H groups in total. The Labute approximate surface area is 209 Å². The minimum absolute atomic E-state index is 0.00483. The summed E-state index contributed by atoms with van der Waals surface area (Å²) in [6.07, 6.45) is 2.89. The van der Waals surface area contributed by atoms with Gasteiger partial charge in [-0.3, -0.25) is 9.10 Å². The number of nitrogens with zero attached hydrogens (tertiary/aromatic N) is 4. The first kappa shape index (κ1) is 22.8. The topological polar surface area (TPSA) is 105 Å². The summed E-state index contributed by atoms with van der Waals surface area (Å²) in [6, 6.07) is 14.4. The molecule has 1 aliphatic heterocycles. The van der Waals surface area contributed by atoms with Gasteiger partial charge in [0.2, 0.25) is 5.91 Å². The van der Waals surface area contributed by atoms with Gasteiger partial charge in [0.15, 0.2) is 10.3 Å². The highest BCUT2D eigenvalue weighted by Crippen LogP contribution is 2.44. The molecule has 12 heteroatoms. The predicted octanol–water partition coefficient (Wildman–Crippen LogP) is 4.69. The van der Waals surface area contributed by atoms with Gasteiger partial charge in [-0.25, -0.2) is 23.4 Å². The highest BCUT2D eigenvalue weighted by Gasteiger charge is 2.37. The molecule has 34 heavy (non-hydrogen) atoms. The average molecular weight is 530 g/mol. The molecular formula is C22H16ClN5O3S3. The Balaban J connectivity index is 1.47. The van der Waals surface area contributed by atoms with Gasteiger partial charge in [-0.05, 0) is 23.8 Å². The van der Waals surface area contributed by atoms with Crippen molar-refractivity contribution in [3.05, 3.63) is 76.9 Å². The minimum Gasteiger partial charge on any atom is -0.301 e. The lowest BCUT2D eigenvalue weighted by molar-refractivity contribution is -0.113. The number of benzene rings is 2. The van der Waals surface area contributed by atoms with Crippen molar-refractivity contribution < 1.29 is 13.2 Å². The number of thiazole rings is 1. The van der Waals surface area contributed by atoms with Gasteiger partial charge in [-0.15, -0.1) is 11.3 Å². The molecule has 0 unspecified atom stereocenters. The molecule has 0 spiro atoms. The summed E-state index contributed by atoms with van der Waals surface area (Å²) in [6.45, 7) is 0.157. The van der Waals surface area contributed by atoms with Crippen LogP contribution in [0.4, 0.5) is 10.8 Å². The standard InChI is InChI=1S/C22H16ClN5O3S3/c23-15-6-7-17-16(10-15)20-18(34(30,31)28(17)12-14-4-2-1-3-5-14)11-25-22(27-20)33-13-19(29)26-21-24-8-9-32-21/h1-11H,12-13H2,(H,24,26,29). The zero-order valence-corrected chi connectivity index (χ0v) is 20.6. The van der Waals surface area contributed by atoms with Gasteiger partial charge in [0.05, 0.1) is 29.9 Å². The Hall–Kier alpha value is -2.99. The molecule has 0 saturated carbocycles. The van der Waals surface area contributed by atoms with Crippen LogP contribution in [-0.2, 0) is 21.4 Å². The number of thioether (sulfide) groups is 1. The van der Waals surface area contributed by atoms with Gasteiger partial charge in [-0.2, -0.15) is 0 Å². The zero-order valence-electron chi connectivity index (χ0n) is 17.4. The summed E-state index contributed by atoms with van der Waals surface area (Å²) in [5.41, 5.74) is 2.18. The van der Waals surface area contributed by atoms with Crippen molar-refractivity contribution in [2.75, 3.05) is 15.4 Å². The second-order valence-corrected chi connectivity index (χ2v) is 11.3. The molecule has 8 nitrogen and oxygen atoms in total. The molecule has 0 aliphatic carbocycles. The Bertz CT molecular complexity index is 1460. The van der Waals surface area contributed by atoms with Crippen LogP contribution in [0.5, 0.6) is 0 Å². The van der Waals surface area contributed by atoms with E-state index in [0.29, 0.717) is 21.4 Å². The monoisotopic (exact) mass is 529 g/mol. The van der Waals surface area contributed by atoms with E-state index in [4.69, 9.17) is 11.6 Å². The largest absolute Gasteiger partial charge is 0.301 e. The number of aromatic nitrogens is 3. The first-order valence-corrected chi connectivity index (χ1v) is 13.7. The van der Waals surface area contributed by atoms with Crippen molar-refractivity contribution in [2.45, 2.75) is 16.6 Å². The number of hydrogen-bond acceptors (Lipinski definition) is 8.